The number of hydrogen-bond acceptors (Lipinski definition) is 0. The second kappa shape index (κ2) is 4.25. The zero-order valence-corrected chi connectivity index (χ0v) is 13.0. The lowest BCUT2D eigenvalue weighted by molar-refractivity contribution is -0.545. The van der Waals surface area contributed by atoms with E-state index in [1.54, 1.807) is 0 Å². The zero-order valence-electron chi connectivity index (χ0n) is 11.0. The molecule has 0 saturated heterocycles. The third-order valence-electron chi connectivity index (χ3n) is 2.97. The molecule has 4 heteroatoms. The molecule has 86 valence electrons. The minimum absolute atomic E-state index is 1.20. The first kappa shape index (κ1) is 12.7. The summed E-state index contributed by atoms with van der Waals surface area (Å²) in [5, 5.41) is 0. The molecule has 1 rings (SSSR count). The molecule has 0 amide bonds. The number of hydrogen-bond donors (Lipinski definition) is 0. The van der Waals surface area contributed by atoms with Crippen molar-refractivity contribution in [1.82, 2.24) is 4.23 Å². The molecule has 0 saturated carbocycles. The molecule has 0 N–H and O–H groups in total. The Labute approximate surface area is 96.1 Å². The molecule has 0 aliphatic carbocycles. The van der Waals surface area contributed by atoms with E-state index in [-0.39, 0.29) is 0 Å². The molecule has 0 aromatic carbocycles. The molecule has 0 aliphatic rings. The average Bonchev–Trinajstić information content (AvgIpc) is 2.50. The van der Waals surface area contributed by atoms with E-state index in [1.165, 1.54) is 12.5 Å². The molecule has 0 spiro atoms. The molecule has 0 aliphatic heterocycles. The Balaban J connectivity index is 2.94. The van der Waals surface area contributed by atoms with Crippen molar-refractivity contribution in [3.63, 3.8) is 0 Å². The Hall–Kier alpha value is -0.356. The van der Waals surface area contributed by atoms with Crippen LogP contribution >= 0.6 is 0 Å². The molecule has 0 fully saturated rings. The molecule has 0 atom stereocenters. The second-order valence-corrected chi connectivity index (χ2v) is 15.5. The van der Waals surface area contributed by atoms with E-state index in [0.29, 0.717) is 0 Å². The van der Waals surface area contributed by atoms with Gasteiger partial charge < -0.3 is 0 Å². The Morgan fingerprint density at radius 2 is 1.73 bits per heavy atom. The van der Waals surface area contributed by atoms with E-state index in [9.17, 15) is 0 Å². The third kappa shape index (κ3) is 3.05. The van der Waals surface area contributed by atoms with Gasteiger partial charge in [-0.15, -0.1) is 0 Å². The van der Waals surface area contributed by atoms with Crippen molar-refractivity contribution < 1.29 is 4.23 Å². The van der Waals surface area contributed by atoms with Gasteiger partial charge in [0.2, 0.25) is 6.33 Å². The lowest BCUT2D eigenvalue weighted by Crippen LogP contribution is -2.59. The van der Waals surface area contributed by atoms with E-state index >= 15 is 0 Å². The molecule has 1 aromatic rings. The maximum absolute atomic E-state index is 2.49. The van der Waals surface area contributed by atoms with Crippen molar-refractivity contribution >= 4 is 16.5 Å². The largest absolute Gasteiger partial charge is 0.289 e. The third-order valence-corrected chi connectivity index (χ3v) is 8.17. The lowest BCUT2D eigenvalue weighted by Gasteiger charge is -2.17. The van der Waals surface area contributed by atoms with Crippen LogP contribution in [-0.4, -0.2) is 20.7 Å². The van der Waals surface area contributed by atoms with Crippen LogP contribution in [0.15, 0.2) is 18.7 Å². The fraction of sp³-hybridized carbons (Fsp3) is 0.727. The Morgan fingerprint density at radius 3 is 2.13 bits per heavy atom. The molecule has 1 aromatic heterocycles. The van der Waals surface area contributed by atoms with E-state index < -0.39 is 16.5 Å². The van der Waals surface area contributed by atoms with E-state index in [0.717, 1.165) is 0 Å². The van der Waals surface area contributed by atoms with Crippen LogP contribution in [0.5, 0.6) is 0 Å². The van der Waals surface area contributed by atoms with Gasteiger partial charge in [0.15, 0.2) is 0 Å². The summed E-state index contributed by atoms with van der Waals surface area (Å²) in [7, 11) is -2.42. The summed E-state index contributed by atoms with van der Waals surface area (Å²) in [6.45, 7) is 14.3. The van der Waals surface area contributed by atoms with Crippen LogP contribution in [0.2, 0.25) is 38.8 Å². The summed E-state index contributed by atoms with van der Waals surface area (Å²) in [4.78, 5) is 0. The van der Waals surface area contributed by atoms with Crippen molar-refractivity contribution in [2.45, 2.75) is 52.1 Å². The highest BCUT2D eigenvalue weighted by Crippen LogP contribution is 2.09. The summed E-state index contributed by atoms with van der Waals surface area (Å²) in [6.07, 6.45) is 8.18. The van der Waals surface area contributed by atoms with Gasteiger partial charge in [0.1, 0.15) is 12.4 Å². The summed E-state index contributed by atoms with van der Waals surface area (Å²) in [5.41, 5.74) is 0. The van der Waals surface area contributed by atoms with E-state index in [1.807, 2.05) is 0 Å². The molecule has 0 unspecified atom stereocenters. The molecule has 2 nitrogen and oxygen atoms in total. The summed E-state index contributed by atoms with van der Waals surface area (Å²) in [6, 6.07) is 1.37. The second-order valence-electron chi connectivity index (χ2n) is 5.96. The highest BCUT2D eigenvalue weighted by Gasteiger charge is 2.31. The first-order valence-electron chi connectivity index (χ1n) is 5.87. The molecule has 15 heavy (non-hydrogen) atoms. The van der Waals surface area contributed by atoms with Gasteiger partial charge in [-0.3, -0.25) is 8.47 Å². The Kier molecular flexibility index (Phi) is 3.61. The highest BCUT2D eigenvalue weighted by atomic mass is 28.3. The maximum Gasteiger partial charge on any atom is 0.260 e. The fourth-order valence-electron chi connectivity index (χ4n) is 1.85. The monoisotopic (exact) mass is 241 g/mol. The quantitative estimate of drug-likeness (QED) is 0.717. The van der Waals surface area contributed by atoms with Crippen LogP contribution < -0.4 is 4.23 Å². The highest BCUT2D eigenvalue weighted by molar-refractivity contribution is 6.74. The molecular formula is C11H25N2Si2+. The first-order valence-corrected chi connectivity index (χ1v) is 12.5. The van der Waals surface area contributed by atoms with Gasteiger partial charge >= 0.3 is 0 Å². The van der Waals surface area contributed by atoms with Gasteiger partial charge in [-0.05, 0) is 38.8 Å². The minimum Gasteiger partial charge on any atom is -0.289 e. The normalized spacial score (nSPS) is 13.2. The van der Waals surface area contributed by atoms with Crippen LogP contribution in [0.4, 0.5) is 0 Å². The van der Waals surface area contributed by atoms with Crippen molar-refractivity contribution in [2.24, 2.45) is 0 Å². The van der Waals surface area contributed by atoms with E-state index in [4.69, 9.17) is 0 Å². The van der Waals surface area contributed by atoms with E-state index in [2.05, 4.69) is 66.8 Å². The zero-order chi connectivity index (χ0) is 11.7. The average molecular weight is 242 g/mol. The molecule has 0 radical (unpaired) electrons. The van der Waals surface area contributed by atoms with Crippen LogP contribution in [0, 0.1) is 0 Å². The fourth-order valence-corrected chi connectivity index (χ4v) is 5.34. The number of aromatic nitrogens is 2. The standard InChI is InChI=1S/C11H25N2Si2/c1-7-10-15(5,6)13-9-8-12(11-13)14(2,3)4/h8-9,11H,7,10H2,1-6H3/q+1. The van der Waals surface area contributed by atoms with Gasteiger partial charge in [-0.1, -0.05) is 13.3 Å². The summed E-state index contributed by atoms with van der Waals surface area (Å²) >= 11 is 0. The number of imidazole rings is 1. The van der Waals surface area contributed by atoms with Gasteiger partial charge in [-0.2, -0.15) is 0 Å². The SMILES string of the molecule is CCC[Si](C)(C)[n+]1ccn([Si](C)(C)C)c1. The summed E-state index contributed by atoms with van der Waals surface area (Å²) in [5.74, 6) is 0. The molecule has 1 heterocycles. The Morgan fingerprint density at radius 1 is 1.13 bits per heavy atom. The smallest absolute Gasteiger partial charge is 0.260 e. The Bertz CT molecular complexity index is 324. The van der Waals surface area contributed by atoms with Gasteiger partial charge in [-0.25, -0.2) is 0 Å². The number of rotatable bonds is 4. The van der Waals surface area contributed by atoms with Crippen LogP contribution in [0.25, 0.3) is 0 Å². The number of nitrogens with zero attached hydrogens (tertiary/aromatic N) is 2. The van der Waals surface area contributed by atoms with Gasteiger partial charge in [0.25, 0.3) is 16.5 Å². The van der Waals surface area contributed by atoms with Crippen molar-refractivity contribution in [3.8, 4) is 0 Å². The van der Waals surface area contributed by atoms with Gasteiger partial charge in [0, 0.05) is 0 Å². The minimum atomic E-state index is -1.22. The van der Waals surface area contributed by atoms with Crippen molar-refractivity contribution in [3.05, 3.63) is 18.7 Å². The van der Waals surface area contributed by atoms with Crippen molar-refractivity contribution in [1.29, 1.82) is 0 Å². The predicted molar refractivity (Wildman–Crippen MR) is 71.3 cm³/mol. The van der Waals surface area contributed by atoms with Crippen molar-refractivity contribution in [2.75, 3.05) is 0 Å². The predicted octanol–water partition coefficient (Wildman–Crippen LogP) is 2.92. The lowest BCUT2D eigenvalue weighted by atomic mass is 10.6. The topological polar surface area (TPSA) is 8.81 Å². The first-order chi connectivity index (χ1) is 6.77. The van der Waals surface area contributed by atoms with Crippen LogP contribution in [-0.2, 0) is 0 Å². The van der Waals surface area contributed by atoms with Gasteiger partial charge in [0.05, 0.1) is 0 Å². The van der Waals surface area contributed by atoms with Crippen LogP contribution in [0.3, 0.4) is 0 Å². The maximum atomic E-state index is 2.49. The molecular weight excluding hydrogens is 216 g/mol. The molecule has 0 bridgehead atoms. The van der Waals surface area contributed by atoms with Crippen LogP contribution in [0.1, 0.15) is 13.3 Å². The summed E-state index contributed by atoms with van der Waals surface area (Å²) < 4.78 is 4.94.